The average molecular weight is 395 g/mol. The second-order valence-electron chi connectivity index (χ2n) is 6.93. The zero-order chi connectivity index (χ0) is 15.9. The lowest BCUT2D eigenvalue weighted by Gasteiger charge is -2.29. The fourth-order valence-electron chi connectivity index (χ4n) is 4.00. The third-order valence-electron chi connectivity index (χ3n) is 5.52. The minimum Gasteiger partial charge on any atom is -0.317 e. The molecule has 1 N–H and O–H groups in total. The van der Waals surface area contributed by atoms with Crippen LogP contribution in [0.25, 0.3) is 0 Å². The Labute approximate surface area is 150 Å². The third kappa shape index (κ3) is 3.14. The van der Waals surface area contributed by atoms with Crippen molar-refractivity contribution in [1.82, 2.24) is 20.0 Å². The van der Waals surface area contributed by atoms with Crippen LogP contribution in [0.4, 0.5) is 0 Å². The monoisotopic (exact) mass is 394 g/mol. The normalized spacial score (nSPS) is 22.8. The van der Waals surface area contributed by atoms with E-state index in [-0.39, 0.29) is 0 Å². The lowest BCUT2D eigenvalue weighted by atomic mass is 9.93. The Balaban J connectivity index is 1.55. The van der Waals surface area contributed by atoms with Crippen LogP contribution in [0.5, 0.6) is 0 Å². The summed E-state index contributed by atoms with van der Waals surface area (Å²) in [4.78, 5) is 2.68. The molecule has 0 bridgehead atoms. The molecule has 0 amide bonds. The van der Waals surface area contributed by atoms with E-state index < -0.39 is 0 Å². The SMILES string of the molecule is Cn1ncc(Br)c1CN(Cc1ccsc1)C1CC12CCNCC2. The van der Waals surface area contributed by atoms with E-state index in [9.17, 15) is 0 Å². The molecule has 23 heavy (non-hydrogen) atoms. The van der Waals surface area contributed by atoms with Crippen molar-refractivity contribution in [2.24, 2.45) is 12.5 Å². The van der Waals surface area contributed by atoms with Crippen molar-refractivity contribution in [3.8, 4) is 0 Å². The smallest absolute Gasteiger partial charge is 0.0663 e. The number of rotatable bonds is 5. The van der Waals surface area contributed by atoms with E-state index in [4.69, 9.17) is 0 Å². The number of nitrogens with zero attached hydrogens (tertiary/aromatic N) is 3. The number of aryl methyl sites for hydroxylation is 1. The van der Waals surface area contributed by atoms with E-state index in [2.05, 4.69) is 48.1 Å². The number of halogens is 1. The number of hydrogen-bond donors (Lipinski definition) is 1. The summed E-state index contributed by atoms with van der Waals surface area (Å²) in [6.45, 7) is 4.37. The van der Waals surface area contributed by atoms with Crippen molar-refractivity contribution in [3.63, 3.8) is 0 Å². The maximum absolute atomic E-state index is 4.39. The summed E-state index contributed by atoms with van der Waals surface area (Å²) < 4.78 is 3.12. The first-order chi connectivity index (χ1) is 11.2. The minimum absolute atomic E-state index is 0.562. The molecule has 1 spiro atoms. The van der Waals surface area contributed by atoms with Crippen molar-refractivity contribution in [2.45, 2.75) is 38.4 Å². The fraction of sp³-hybridized carbons (Fsp3) is 0.588. The first-order valence-corrected chi connectivity index (χ1v) is 10.0. The predicted octanol–water partition coefficient (Wildman–Crippen LogP) is 3.39. The van der Waals surface area contributed by atoms with Crippen LogP contribution in [0, 0.1) is 5.41 Å². The molecule has 6 heteroatoms. The molecule has 0 radical (unpaired) electrons. The van der Waals surface area contributed by atoms with Gasteiger partial charge < -0.3 is 5.32 Å². The molecule has 4 nitrogen and oxygen atoms in total. The molecule has 0 aromatic carbocycles. The summed E-state index contributed by atoms with van der Waals surface area (Å²) in [5.41, 5.74) is 3.27. The summed E-state index contributed by atoms with van der Waals surface area (Å²) >= 11 is 5.45. The van der Waals surface area contributed by atoms with Crippen LogP contribution >= 0.6 is 27.3 Å². The van der Waals surface area contributed by atoms with E-state index in [0.29, 0.717) is 11.5 Å². The second-order valence-corrected chi connectivity index (χ2v) is 8.57. The van der Waals surface area contributed by atoms with Gasteiger partial charge in [-0.05, 0) is 76.1 Å². The van der Waals surface area contributed by atoms with Gasteiger partial charge in [0.25, 0.3) is 0 Å². The van der Waals surface area contributed by atoms with Crippen LogP contribution in [-0.2, 0) is 20.1 Å². The van der Waals surface area contributed by atoms with Crippen molar-refractivity contribution in [1.29, 1.82) is 0 Å². The Morgan fingerprint density at radius 2 is 2.26 bits per heavy atom. The Hall–Kier alpha value is -0.690. The van der Waals surface area contributed by atoms with E-state index in [0.717, 1.165) is 17.6 Å². The molecule has 2 aromatic rings. The van der Waals surface area contributed by atoms with Gasteiger partial charge in [-0.3, -0.25) is 9.58 Å². The highest BCUT2D eigenvalue weighted by atomic mass is 79.9. The molecule has 1 saturated carbocycles. The average Bonchev–Trinajstić information content (AvgIpc) is 2.88. The first kappa shape index (κ1) is 15.8. The topological polar surface area (TPSA) is 33.1 Å². The minimum atomic E-state index is 0.562. The molecule has 1 unspecified atom stereocenters. The fourth-order valence-corrected chi connectivity index (χ4v) is 5.14. The van der Waals surface area contributed by atoms with Gasteiger partial charge in [-0.15, -0.1) is 0 Å². The number of nitrogens with one attached hydrogen (secondary N) is 1. The standard InChI is InChI=1S/C17H23BrN4S/c1-21-15(14(18)9-20-21)11-22(10-13-2-7-23-12-13)16-8-17(16)3-5-19-6-4-17/h2,7,9,12,16,19H,3-6,8,10-11H2,1H3. The summed E-state index contributed by atoms with van der Waals surface area (Å²) in [5, 5.41) is 12.4. The van der Waals surface area contributed by atoms with Gasteiger partial charge in [0.1, 0.15) is 0 Å². The summed E-state index contributed by atoms with van der Waals surface area (Å²) in [6.07, 6.45) is 5.91. The van der Waals surface area contributed by atoms with Crippen molar-refractivity contribution < 1.29 is 0 Å². The second kappa shape index (κ2) is 6.31. The summed E-state index contributed by atoms with van der Waals surface area (Å²) in [5.74, 6) is 0. The first-order valence-electron chi connectivity index (χ1n) is 8.30. The van der Waals surface area contributed by atoms with Crippen molar-refractivity contribution >= 4 is 27.3 Å². The predicted molar refractivity (Wildman–Crippen MR) is 97.4 cm³/mol. The van der Waals surface area contributed by atoms with Crippen LogP contribution in [0.3, 0.4) is 0 Å². The van der Waals surface area contributed by atoms with E-state index >= 15 is 0 Å². The molecular formula is C17H23BrN4S. The molecule has 124 valence electrons. The lowest BCUT2D eigenvalue weighted by Crippen LogP contribution is -2.36. The van der Waals surface area contributed by atoms with Crippen LogP contribution in [-0.4, -0.2) is 33.8 Å². The highest BCUT2D eigenvalue weighted by Gasteiger charge is 2.56. The number of aromatic nitrogens is 2. The maximum atomic E-state index is 4.39. The van der Waals surface area contributed by atoms with Gasteiger partial charge in [-0.25, -0.2) is 0 Å². The molecule has 1 aliphatic heterocycles. The molecule has 1 saturated heterocycles. The van der Waals surface area contributed by atoms with E-state index in [1.54, 1.807) is 11.3 Å². The number of hydrogen-bond acceptors (Lipinski definition) is 4. The molecule has 4 rings (SSSR count). The lowest BCUT2D eigenvalue weighted by molar-refractivity contribution is 0.184. The Bertz CT molecular complexity index is 641. The van der Waals surface area contributed by atoms with Crippen LogP contribution in [0.1, 0.15) is 30.5 Å². The zero-order valence-corrected chi connectivity index (χ0v) is 15.9. The Morgan fingerprint density at radius 3 is 2.91 bits per heavy atom. The molecule has 2 aliphatic rings. The van der Waals surface area contributed by atoms with Crippen molar-refractivity contribution in [2.75, 3.05) is 13.1 Å². The van der Waals surface area contributed by atoms with Crippen LogP contribution in [0.2, 0.25) is 0 Å². The maximum Gasteiger partial charge on any atom is 0.0663 e. The van der Waals surface area contributed by atoms with Crippen molar-refractivity contribution in [3.05, 3.63) is 38.8 Å². The quantitative estimate of drug-likeness (QED) is 0.843. The van der Waals surface area contributed by atoms with Gasteiger partial charge in [0.15, 0.2) is 0 Å². The van der Waals surface area contributed by atoms with Gasteiger partial charge in [0, 0.05) is 26.2 Å². The molecule has 3 heterocycles. The highest BCUT2D eigenvalue weighted by molar-refractivity contribution is 9.10. The summed E-state index contributed by atoms with van der Waals surface area (Å²) in [7, 11) is 2.04. The zero-order valence-electron chi connectivity index (χ0n) is 13.5. The molecular weight excluding hydrogens is 372 g/mol. The van der Waals surface area contributed by atoms with Gasteiger partial charge >= 0.3 is 0 Å². The van der Waals surface area contributed by atoms with E-state index in [1.807, 2.05) is 17.9 Å². The van der Waals surface area contributed by atoms with Gasteiger partial charge in [0.05, 0.1) is 16.4 Å². The Morgan fingerprint density at radius 1 is 1.43 bits per heavy atom. The summed E-state index contributed by atoms with van der Waals surface area (Å²) in [6, 6.07) is 2.97. The number of thiophene rings is 1. The van der Waals surface area contributed by atoms with Crippen LogP contribution < -0.4 is 5.32 Å². The molecule has 1 aliphatic carbocycles. The highest BCUT2D eigenvalue weighted by Crippen LogP contribution is 2.56. The van der Waals surface area contributed by atoms with Gasteiger partial charge in [0.2, 0.25) is 0 Å². The van der Waals surface area contributed by atoms with E-state index in [1.165, 1.54) is 43.6 Å². The van der Waals surface area contributed by atoms with Crippen LogP contribution in [0.15, 0.2) is 27.5 Å². The Kier molecular flexibility index (Phi) is 4.34. The molecule has 2 aromatic heterocycles. The molecule has 1 atom stereocenters. The number of piperidine rings is 1. The van der Waals surface area contributed by atoms with Gasteiger partial charge in [-0.2, -0.15) is 16.4 Å². The molecule has 2 fully saturated rings. The third-order valence-corrected chi connectivity index (χ3v) is 6.91. The largest absolute Gasteiger partial charge is 0.317 e. The van der Waals surface area contributed by atoms with Gasteiger partial charge in [-0.1, -0.05) is 0 Å².